The average molecular weight is 390 g/mol. The summed E-state index contributed by atoms with van der Waals surface area (Å²) >= 11 is 0. The Bertz CT molecular complexity index is 840. The van der Waals surface area contributed by atoms with Crippen molar-refractivity contribution in [3.63, 3.8) is 0 Å². The number of nitrogens with zero attached hydrogens (tertiary/aromatic N) is 3. The van der Waals surface area contributed by atoms with Gasteiger partial charge in [0.15, 0.2) is 9.84 Å². The molecule has 0 amide bonds. The van der Waals surface area contributed by atoms with Gasteiger partial charge < -0.3 is 9.64 Å². The molecule has 0 spiro atoms. The van der Waals surface area contributed by atoms with E-state index in [0.29, 0.717) is 12.0 Å². The Morgan fingerprint density at radius 2 is 2.00 bits per heavy atom. The van der Waals surface area contributed by atoms with Gasteiger partial charge in [-0.1, -0.05) is 18.2 Å². The summed E-state index contributed by atoms with van der Waals surface area (Å²) in [5.41, 5.74) is 1.35. The van der Waals surface area contributed by atoms with E-state index in [9.17, 15) is 8.42 Å². The highest BCUT2D eigenvalue weighted by Gasteiger charge is 2.30. The number of sulfone groups is 1. The molecule has 27 heavy (non-hydrogen) atoms. The first kappa shape index (κ1) is 18.7. The maximum absolute atomic E-state index is 11.6. The molecule has 2 saturated heterocycles. The zero-order valence-corrected chi connectivity index (χ0v) is 16.7. The number of aromatic nitrogens is 1. The smallest absolute Gasteiger partial charge is 0.177 e. The van der Waals surface area contributed by atoms with Gasteiger partial charge in [0.2, 0.25) is 0 Å². The van der Waals surface area contributed by atoms with Crippen molar-refractivity contribution in [1.29, 1.82) is 0 Å². The van der Waals surface area contributed by atoms with Crippen LogP contribution in [-0.4, -0.2) is 69.5 Å². The predicted octanol–water partition coefficient (Wildman–Crippen LogP) is 1.90. The molecule has 2 fully saturated rings. The topological polar surface area (TPSA) is 62.7 Å². The lowest BCUT2D eigenvalue weighted by Gasteiger charge is -2.39. The van der Waals surface area contributed by atoms with E-state index in [-0.39, 0.29) is 11.0 Å². The average Bonchev–Trinajstić information content (AvgIpc) is 3.15. The fraction of sp³-hybridized carbons (Fsp3) is 0.550. The number of pyridine rings is 1. The van der Waals surface area contributed by atoms with Crippen LogP contribution in [-0.2, 0) is 14.6 Å². The highest BCUT2D eigenvalue weighted by atomic mass is 32.2. The van der Waals surface area contributed by atoms with E-state index in [2.05, 4.69) is 39.9 Å². The molecule has 1 aromatic heterocycles. The van der Waals surface area contributed by atoms with Crippen LogP contribution in [0.25, 0.3) is 0 Å². The Morgan fingerprint density at radius 1 is 1.22 bits per heavy atom. The lowest BCUT2D eigenvalue weighted by Crippen LogP contribution is -2.50. The van der Waals surface area contributed by atoms with Gasteiger partial charge in [-0.3, -0.25) is 4.90 Å². The van der Waals surface area contributed by atoms with E-state index in [1.165, 1.54) is 18.0 Å². The molecular weight excluding hydrogens is 362 g/mol. The monoisotopic (exact) mass is 389 g/mol. The molecule has 1 aromatic rings. The molecule has 0 N–H and O–H groups in total. The minimum absolute atomic E-state index is 0.256. The van der Waals surface area contributed by atoms with Crippen LogP contribution in [0.5, 0.6) is 0 Å². The zero-order chi connectivity index (χ0) is 19.0. The minimum Gasteiger partial charge on any atom is -0.373 e. The van der Waals surface area contributed by atoms with E-state index in [4.69, 9.17) is 4.74 Å². The number of ether oxygens (including phenoxy) is 1. The first-order valence-electron chi connectivity index (χ1n) is 9.58. The molecule has 0 bridgehead atoms. The molecule has 4 rings (SSSR count). The Balaban J connectivity index is 1.37. The van der Waals surface area contributed by atoms with E-state index < -0.39 is 9.84 Å². The summed E-state index contributed by atoms with van der Waals surface area (Å²) in [7, 11) is -3.20. The first-order chi connectivity index (χ1) is 12.9. The third-order valence-electron chi connectivity index (χ3n) is 5.89. The van der Waals surface area contributed by atoms with Gasteiger partial charge in [-0.2, -0.15) is 0 Å². The van der Waals surface area contributed by atoms with Crippen LogP contribution in [0.2, 0.25) is 0 Å². The Hall–Kier alpha value is -1.70. The summed E-state index contributed by atoms with van der Waals surface area (Å²) in [5.74, 6) is 1.40. The summed E-state index contributed by atoms with van der Waals surface area (Å²) in [4.78, 5) is 9.33. The summed E-state index contributed by atoms with van der Waals surface area (Å²) < 4.78 is 29.0. The molecule has 0 saturated carbocycles. The second-order valence-corrected chi connectivity index (χ2v) is 9.65. The van der Waals surface area contributed by atoms with E-state index >= 15 is 0 Å². The third-order valence-corrected chi connectivity index (χ3v) is 6.99. The van der Waals surface area contributed by atoms with E-state index in [1.54, 1.807) is 12.1 Å². The van der Waals surface area contributed by atoms with Gasteiger partial charge in [0.1, 0.15) is 5.82 Å². The van der Waals surface area contributed by atoms with Gasteiger partial charge >= 0.3 is 0 Å². The van der Waals surface area contributed by atoms with Crippen molar-refractivity contribution >= 4 is 15.7 Å². The van der Waals surface area contributed by atoms with E-state index in [1.807, 2.05) is 0 Å². The molecule has 3 unspecified atom stereocenters. The maximum atomic E-state index is 11.6. The summed E-state index contributed by atoms with van der Waals surface area (Å²) in [6.07, 6.45) is 10.9. The van der Waals surface area contributed by atoms with Crippen LogP contribution in [0.1, 0.15) is 13.3 Å². The molecule has 7 heteroatoms. The van der Waals surface area contributed by atoms with Crippen molar-refractivity contribution in [2.45, 2.75) is 30.4 Å². The van der Waals surface area contributed by atoms with Crippen LogP contribution < -0.4 is 4.90 Å². The lowest BCUT2D eigenvalue weighted by molar-refractivity contribution is 0.132. The molecule has 3 aliphatic rings. The van der Waals surface area contributed by atoms with Crippen LogP contribution >= 0.6 is 0 Å². The number of piperazine rings is 1. The van der Waals surface area contributed by atoms with Crippen molar-refractivity contribution in [2.75, 3.05) is 43.9 Å². The molecule has 2 aliphatic heterocycles. The number of anilines is 1. The summed E-state index contributed by atoms with van der Waals surface area (Å²) in [6.45, 7) is 6.81. The quantitative estimate of drug-likeness (QED) is 0.784. The van der Waals surface area contributed by atoms with Crippen LogP contribution in [0.3, 0.4) is 0 Å². The first-order valence-corrected chi connectivity index (χ1v) is 11.5. The van der Waals surface area contributed by atoms with Crippen molar-refractivity contribution in [3.05, 3.63) is 42.1 Å². The zero-order valence-electron chi connectivity index (χ0n) is 15.9. The van der Waals surface area contributed by atoms with Crippen LogP contribution in [0.15, 0.2) is 47.0 Å². The van der Waals surface area contributed by atoms with Gasteiger partial charge in [-0.15, -0.1) is 0 Å². The molecule has 1 aliphatic carbocycles. The standard InChI is InChI=1S/C20H27N3O3S/c1-15(17-4-3-16-7-12-26-19(16)13-17)22-8-10-23(11-9-22)20-6-5-18(14-21-20)27(2,24)25/h3-6,13-16,19H,7-12H2,1-2H3. The molecule has 6 nitrogen and oxygen atoms in total. The molecule has 0 aromatic carbocycles. The molecule has 0 radical (unpaired) electrons. The van der Waals surface area contributed by atoms with Gasteiger partial charge in [0, 0.05) is 57.2 Å². The Morgan fingerprint density at radius 3 is 2.67 bits per heavy atom. The van der Waals surface area contributed by atoms with Crippen molar-refractivity contribution < 1.29 is 13.2 Å². The summed E-state index contributed by atoms with van der Waals surface area (Å²) in [5, 5.41) is 0. The summed E-state index contributed by atoms with van der Waals surface area (Å²) in [6, 6.07) is 3.82. The molecule has 3 heterocycles. The Kier molecular flexibility index (Phi) is 5.09. The van der Waals surface area contributed by atoms with Gasteiger partial charge in [0.05, 0.1) is 11.0 Å². The van der Waals surface area contributed by atoms with Crippen LogP contribution in [0.4, 0.5) is 5.82 Å². The number of hydrogen-bond donors (Lipinski definition) is 0. The number of hydrogen-bond acceptors (Lipinski definition) is 6. The second-order valence-electron chi connectivity index (χ2n) is 7.64. The van der Waals surface area contributed by atoms with Crippen molar-refractivity contribution in [3.8, 4) is 0 Å². The van der Waals surface area contributed by atoms with Gasteiger partial charge in [-0.25, -0.2) is 13.4 Å². The number of fused-ring (bicyclic) bond motifs is 1. The molecule has 146 valence electrons. The van der Waals surface area contributed by atoms with Crippen molar-refractivity contribution in [1.82, 2.24) is 9.88 Å². The SMILES string of the molecule is CC(C1=CC2OCCC2C=C1)N1CCN(c2ccc(S(C)(=O)=O)cn2)CC1. The Labute approximate surface area is 161 Å². The highest BCUT2D eigenvalue weighted by molar-refractivity contribution is 7.90. The van der Waals surface area contributed by atoms with Gasteiger partial charge in [0.25, 0.3) is 0 Å². The maximum Gasteiger partial charge on any atom is 0.177 e. The second kappa shape index (κ2) is 7.37. The predicted molar refractivity (Wildman–Crippen MR) is 106 cm³/mol. The molecular formula is C20H27N3O3S. The highest BCUT2D eigenvalue weighted by Crippen LogP contribution is 2.30. The van der Waals surface area contributed by atoms with Crippen molar-refractivity contribution in [2.24, 2.45) is 5.92 Å². The third kappa shape index (κ3) is 3.95. The number of rotatable bonds is 4. The minimum atomic E-state index is -3.20. The largest absolute Gasteiger partial charge is 0.373 e. The fourth-order valence-electron chi connectivity index (χ4n) is 4.09. The lowest BCUT2D eigenvalue weighted by atomic mass is 9.90. The normalized spacial score (nSPS) is 27.3. The van der Waals surface area contributed by atoms with Gasteiger partial charge in [-0.05, 0) is 31.1 Å². The fourth-order valence-corrected chi connectivity index (χ4v) is 4.65. The van der Waals surface area contributed by atoms with Crippen LogP contribution in [0, 0.1) is 5.92 Å². The van der Waals surface area contributed by atoms with E-state index in [0.717, 1.165) is 45.0 Å². The molecule has 3 atom stereocenters.